The van der Waals surface area contributed by atoms with E-state index >= 15 is 0 Å². The Morgan fingerprint density at radius 3 is 2.95 bits per heavy atom. The summed E-state index contributed by atoms with van der Waals surface area (Å²) >= 11 is 1.36. The molecule has 0 bridgehead atoms. The molecule has 0 fully saturated rings. The fraction of sp³-hybridized carbons (Fsp3) is 0.333. The Morgan fingerprint density at radius 2 is 2.32 bits per heavy atom. The van der Waals surface area contributed by atoms with Gasteiger partial charge in [-0.2, -0.15) is 0 Å². The minimum atomic E-state index is -0.0778. The van der Waals surface area contributed by atoms with Gasteiger partial charge in [0.05, 0.1) is 13.2 Å². The van der Waals surface area contributed by atoms with Gasteiger partial charge in [0.15, 0.2) is 5.01 Å². The molecule has 0 aromatic carbocycles. The maximum atomic E-state index is 11.6. The molecule has 2 aromatic heterocycles. The molecule has 100 valence electrons. The van der Waals surface area contributed by atoms with Crippen molar-refractivity contribution in [2.45, 2.75) is 6.92 Å². The maximum absolute atomic E-state index is 11.6. The van der Waals surface area contributed by atoms with Crippen molar-refractivity contribution in [2.24, 2.45) is 0 Å². The van der Waals surface area contributed by atoms with Crippen LogP contribution in [-0.4, -0.2) is 41.3 Å². The summed E-state index contributed by atoms with van der Waals surface area (Å²) in [5.74, 6) is -0.0778. The lowest BCUT2D eigenvalue weighted by Crippen LogP contribution is -2.31. The molecule has 0 spiro atoms. The highest BCUT2D eigenvalue weighted by Gasteiger charge is 2.17. The Balaban J connectivity index is 2.21. The molecule has 19 heavy (non-hydrogen) atoms. The largest absolute Gasteiger partial charge is 0.383 e. The van der Waals surface area contributed by atoms with Gasteiger partial charge in [-0.1, -0.05) is 11.3 Å². The number of anilines is 1. The molecule has 0 aliphatic carbocycles. The van der Waals surface area contributed by atoms with E-state index in [2.05, 4.69) is 15.2 Å². The van der Waals surface area contributed by atoms with E-state index in [1.165, 1.54) is 18.3 Å². The molecule has 7 heteroatoms. The number of carbonyl (C=O) groups is 1. The van der Waals surface area contributed by atoms with E-state index < -0.39 is 0 Å². The molecule has 0 N–H and O–H groups in total. The fourth-order valence-electron chi connectivity index (χ4n) is 1.50. The second-order valence-electron chi connectivity index (χ2n) is 3.79. The van der Waals surface area contributed by atoms with Crippen LogP contribution in [0.3, 0.4) is 0 Å². The van der Waals surface area contributed by atoms with Gasteiger partial charge in [-0.25, -0.2) is 0 Å². The van der Waals surface area contributed by atoms with Crippen molar-refractivity contribution in [1.82, 2.24) is 15.2 Å². The van der Waals surface area contributed by atoms with E-state index in [1.54, 1.807) is 24.4 Å². The van der Waals surface area contributed by atoms with Gasteiger partial charge >= 0.3 is 0 Å². The molecule has 1 amide bonds. The summed E-state index contributed by atoms with van der Waals surface area (Å²) < 4.78 is 4.99. The van der Waals surface area contributed by atoms with Crippen LogP contribution in [0.4, 0.5) is 5.13 Å². The normalized spacial score (nSPS) is 10.4. The van der Waals surface area contributed by atoms with Crippen molar-refractivity contribution in [3.63, 3.8) is 0 Å². The molecule has 0 atom stereocenters. The quantitative estimate of drug-likeness (QED) is 0.831. The van der Waals surface area contributed by atoms with Crippen molar-refractivity contribution in [1.29, 1.82) is 0 Å². The van der Waals surface area contributed by atoms with Crippen LogP contribution in [0, 0.1) is 0 Å². The third-order valence-corrected chi connectivity index (χ3v) is 3.45. The zero-order valence-electron chi connectivity index (χ0n) is 10.7. The summed E-state index contributed by atoms with van der Waals surface area (Å²) in [4.78, 5) is 17.2. The summed E-state index contributed by atoms with van der Waals surface area (Å²) in [6.07, 6.45) is 3.42. The first kappa shape index (κ1) is 13.6. The zero-order chi connectivity index (χ0) is 13.7. The lowest BCUT2D eigenvalue weighted by molar-refractivity contribution is -0.116. The van der Waals surface area contributed by atoms with Gasteiger partial charge in [0.25, 0.3) is 0 Å². The lowest BCUT2D eigenvalue weighted by atomic mass is 10.3. The monoisotopic (exact) mass is 278 g/mol. The first-order valence-corrected chi connectivity index (χ1v) is 6.55. The molecule has 0 unspecified atom stereocenters. The summed E-state index contributed by atoms with van der Waals surface area (Å²) in [5.41, 5.74) is 0.890. The highest BCUT2D eigenvalue weighted by Crippen LogP contribution is 2.27. The highest BCUT2D eigenvalue weighted by molar-refractivity contribution is 7.18. The van der Waals surface area contributed by atoms with Crippen LogP contribution in [0.15, 0.2) is 24.5 Å². The highest BCUT2D eigenvalue weighted by atomic mass is 32.1. The van der Waals surface area contributed by atoms with Crippen LogP contribution in [0.2, 0.25) is 0 Å². The van der Waals surface area contributed by atoms with E-state index in [0.29, 0.717) is 18.3 Å². The Labute approximate surface area is 115 Å². The summed E-state index contributed by atoms with van der Waals surface area (Å²) in [5, 5.41) is 9.46. The molecule has 0 radical (unpaired) electrons. The molecule has 0 saturated carbocycles. The minimum absolute atomic E-state index is 0.0778. The number of amides is 1. The number of aromatic nitrogens is 3. The molecule has 2 aromatic rings. The van der Waals surface area contributed by atoms with Crippen molar-refractivity contribution in [3.05, 3.63) is 24.5 Å². The van der Waals surface area contributed by atoms with Crippen LogP contribution < -0.4 is 4.90 Å². The second-order valence-corrected chi connectivity index (χ2v) is 4.75. The molecule has 2 heterocycles. The average Bonchev–Trinajstić information content (AvgIpc) is 2.89. The van der Waals surface area contributed by atoms with E-state index in [4.69, 9.17) is 4.74 Å². The molecule has 0 aliphatic rings. The van der Waals surface area contributed by atoms with Gasteiger partial charge in [0, 0.05) is 32.0 Å². The zero-order valence-corrected chi connectivity index (χ0v) is 11.6. The van der Waals surface area contributed by atoms with Gasteiger partial charge in [-0.05, 0) is 12.1 Å². The Morgan fingerprint density at radius 1 is 1.47 bits per heavy atom. The number of ether oxygens (including phenoxy) is 1. The van der Waals surface area contributed by atoms with Crippen molar-refractivity contribution in [3.8, 4) is 10.6 Å². The molecule has 0 aliphatic heterocycles. The predicted octanol–water partition coefficient (Wildman–Crippen LogP) is 1.60. The van der Waals surface area contributed by atoms with Gasteiger partial charge < -0.3 is 4.74 Å². The predicted molar refractivity (Wildman–Crippen MR) is 73.0 cm³/mol. The summed E-state index contributed by atoms with van der Waals surface area (Å²) in [6.45, 7) is 2.43. The third-order valence-electron chi connectivity index (χ3n) is 2.45. The topological polar surface area (TPSA) is 68.2 Å². The molecular formula is C12H14N4O2S. The van der Waals surface area contributed by atoms with Crippen LogP contribution in [0.5, 0.6) is 0 Å². The summed E-state index contributed by atoms with van der Waals surface area (Å²) in [7, 11) is 1.60. The van der Waals surface area contributed by atoms with E-state index in [1.807, 2.05) is 12.1 Å². The van der Waals surface area contributed by atoms with E-state index in [0.717, 1.165) is 10.6 Å². The van der Waals surface area contributed by atoms with Crippen LogP contribution in [0.1, 0.15) is 6.92 Å². The SMILES string of the molecule is COCCN(C(C)=O)c1nnc(-c2cccnc2)s1. The standard InChI is InChI=1S/C12H14N4O2S/c1-9(17)16(6-7-18-2)12-15-14-11(19-12)10-4-3-5-13-8-10/h3-5,8H,6-7H2,1-2H3. The van der Waals surface area contributed by atoms with Crippen LogP contribution in [-0.2, 0) is 9.53 Å². The van der Waals surface area contributed by atoms with Gasteiger partial charge in [-0.3, -0.25) is 14.7 Å². The number of methoxy groups -OCH3 is 1. The van der Waals surface area contributed by atoms with Gasteiger partial charge in [0.1, 0.15) is 0 Å². The Bertz CT molecular complexity index is 544. The minimum Gasteiger partial charge on any atom is -0.383 e. The van der Waals surface area contributed by atoms with Gasteiger partial charge in [0.2, 0.25) is 11.0 Å². The van der Waals surface area contributed by atoms with Crippen LogP contribution in [0.25, 0.3) is 10.6 Å². The molecular weight excluding hydrogens is 264 g/mol. The molecule has 2 rings (SSSR count). The number of hydrogen-bond acceptors (Lipinski definition) is 6. The fourth-order valence-corrected chi connectivity index (χ4v) is 2.41. The van der Waals surface area contributed by atoms with E-state index in [9.17, 15) is 4.79 Å². The number of hydrogen-bond donors (Lipinski definition) is 0. The first-order chi connectivity index (χ1) is 9.22. The van der Waals surface area contributed by atoms with Crippen molar-refractivity contribution >= 4 is 22.4 Å². The Hall–Kier alpha value is -1.86. The lowest BCUT2D eigenvalue weighted by Gasteiger charge is -2.16. The Kier molecular flexibility index (Phi) is 4.53. The molecule has 6 nitrogen and oxygen atoms in total. The van der Waals surface area contributed by atoms with Crippen molar-refractivity contribution in [2.75, 3.05) is 25.2 Å². The summed E-state index contributed by atoms with van der Waals surface area (Å²) in [6, 6.07) is 3.74. The number of pyridine rings is 1. The number of nitrogens with zero attached hydrogens (tertiary/aromatic N) is 4. The van der Waals surface area contributed by atoms with Crippen LogP contribution >= 0.6 is 11.3 Å². The first-order valence-electron chi connectivity index (χ1n) is 5.73. The smallest absolute Gasteiger partial charge is 0.225 e. The third kappa shape index (κ3) is 3.33. The molecule has 0 saturated heterocycles. The number of carbonyl (C=O) groups excluding carboxylic acids is 1. The van der Waals surface area contributed by atoms with Crippen molar-refractivity contribution < 1.29 is 9.53 Å². The van der Waals surface area contributed by atoms with E-state index in [-0.39, 0.29) is 5.91 Å². The second kappa shape index (κ2) is 6.35. The maximum Gasteiger partial charge on any atom is 0.225 e. The van der Waals surface area contributed by atoms with Gasteiger partial charge in [-0.15, -0.1) is 10.2 Å². The average molecular weight is 278 g/mol. The number of rotatable bonds is 5.